The van der Waals surface area contributed by atoms with Gasteiger partial charge in [0.25, 0.3) is 11.5 Å². The summed E-state index contributed by atoms with van der Waals surface area (Å²) in [5.41, 5.74) is 1.72. The lowest BCUT2D eigenvalue weighted by molar-refractivity contribution is 0.0905. The third kappa shape index (κ3) is 4.78. The molecule has 1 N–H and O–H groups in total. The Balaban J connectivity index is 1.49. The number of amides is 1. The lowest BCUT2D eigenvalue weighted by Crippen LogP contribution is -2.45. The maximum absolute atomic E-state index is 12.4. The molecule has 1 aromatic rings. The van der Waals surface area contributed by atoms with Crippen LogP contribution in [0.4, 0.5) is 0 Å². The van der Waals surface area contributed by atoms with E-state index in [1.54, 1.807) is 5.57 Å². The van der Waals surface area contributed by atoms with Gasteiger partial charge in [0.05, 0.1) is 0 Å². The van der Waals surface area contributed by atoms with Crippen LogP contribution in [0.5, 0.6) is 0 Å². The largest absolute Gasteiger partial charge is 0.348 e. The van der Waals surface area contributed by atoms with E-state index in [1.165, 1.54) is 42.5 Å². The van der Waals surface area contributed by atoms with Gasteiger partial charge in [0.15, 0.2) is 0 Å². The zero-order chi connectivity index (χ0) is 17.6. The van der Waals surface area contributed by atoms with Crippen molar-refractivity contribution in [2.75, 3.05) is 19.6 Å². The molecule has 0 spiro atoms. The summed E-state index contributed by atoms with van der Waals surface area (Å²) in [5, 5.41) is 7.19. The van der Waals surface area contributed by atoms with Crippen LogP contribution < -0.4 is 10.9 Å². The fraction of sp³-hybridized carbons (Fsp3) is 0.632. The Kier molecular flexibility index (Phi) is 6.02. The second-order valence-electron chi connectivity index (χ2n) is 7.00. The molecular weight excluding hydrogens is 316 g/mol. The van der Waals surface area contributed by atoms with Crippen LogP contribution in [0.2, 0.25) is 0 Å². The minimum Gasteiger partial charge on any atom is -0.348 e. The van der Waals surface area contributed by atoms with Crippen LogP contribution in [0.1, 0.15) is 55.9 Å². The number of likely N-dealkylation sites (tertiary alicyclic amines) is 1. The highest BCUT2D eigenvalue weighted by atomic mass is 16.2. The van der Waals surface area contributed by atoms with Gasteiger partial charge in [0.2, 0.25) is 0 Å². The normalized spacial score (nSPS) is 19.5. The standard InChI is InChI=1S/C19H28N4O2/c1-2-23-18(24)9-8-17(21-23)19(25)20-16-10-12-22(13-11-16)14-15-6-4-3-5-7-15/h6,8-9,16H,2-5,7,10-14H2,1H3,(H,20,25). The molecule has 0 bridgehead atoms. The number of aryl methyl sites for hydroxylation is 1. The fourth-order valence-corrected chi connectivity index (χ4v) is 3.63. The molecule has 3 rings (SSSR count). The Labute approximate surface area is 148 Å². The average molecular weight is 344 g/mol. The Morgan fingerprint density at radius 2 is 2.08 bits per heavy atom. The van der Waals surface area contributed by atoms with Crippen molar-refractivity contribution in [1.29, 1.82) is 0 Å². The molecule has 136 valence electrons. The second kappa shape index (κ2) is 8.43. The van der Waals surface area contributed by atoms with E-state index in [0.717, 1.165) is 32.5 Å². The molecule has 1 aliphatic carbocycles. The monoisotopic (exact) mass is 344 g/mol. The molecule has 0 atom stereocenters. The van der Waals surface area contributed by atoms with Gasteiger partial charge in [0, 0.05) is 38.3 Å². The van der Waals surface area contributed by atoms with E-state index in [2.05, 4.69) is 21.4 Å². The lowest BCUT2D eigenvalue weighted by atomic mass is 9.97. The van der Waals surface area contributed by atoms with Gasteiger partial charge in [-0.05, 0) is 51.5 Å². The zero-order valence-electron chi connectivity index (χ0n) is 15.0. The van der Waals surface area contributed by atoms with E-state index in [1.807, 2.05) is 6.92 Å². The van der Waals surface area contributed by atoms with E-state index in [9.17, 15) is 9.59 Å². The third-order valence-corrected chi connectivity index (χ3v) is 5.13. The lowest BCUT2D eigenvalue weighted by Gasteiger charge is -2.33. The highest BCUT2D eigenvalue weighted by Crippen LogP contribution is 2.20. The number of nitrogens with one attached hydrogen (secondary N) is 1. The quantitative estimate of drug-likeness (QED) is 0.829. The topological polar surface area (TPSA) is 67.2 Å². The molecule has 1 fully saturated rings. The minimum atomic E-state index is -0.185. The summed E-state index contributed by atoms with van der Waals surface area (Å²) in [6.07, 6.45) is 9.47. The SMILES string of the molecule is CCn1nc(C(=O)NC2CCN(CC3=CCCCC3)CC2)ccc1=O. The molecule has 0 aromatic carbocycles. The van der Waals surface area contributed by atoms with Crippen LogP contribution in [0, 0.1) is 0 Å². The molecule has 0 unspecified atom stereocenters. The summed E-state index contributed by atoms with van der Waals surface area (Å²) in [4.78, 5) is 26.4. The maximum atomic E-state index is 12.4. The predicted octanol–water partition coefficient (Wildman–Crippen LogP) is 1.96. The molecule has 0 saturated carbocycles. The number of carbonyl (C=O) groups excluding carboxylic acids is 1. The van der Waals surface area contributed by atoms with Gasteiger partial charge in [-0.15, -0.1) is 0 Å². The average Bonchev–Trinajstić information content (AvgIpc) is 2.64. The first-order chi connectivity index (χ1) is 12.2. The van der Waals surface area contributed by atoms with Crippen LogP contribution in [0.15, 0.2) is 28.6 Å². The van der Waals surface area contributed by atoms with Crippen molar-refractivity contribution in [3.63, 3.8) is 0 Å². The molecule has 1 aromatic heterocycles. The summed E-state index contributed by atoms with van der Waals surface area (Å²) in [6, 6.07) is 3.10. The molecular formula is C19H28N4O2. The number of aromatic nitrogens is 2. The molecule has 1 amide bonds. The smallest absolute Gasteiger partial charge is 0.271 e. The Morgan fingerprint density at radius 1 is 1.28 bits per heavy atom. The van der Waals surface area contributed by atoms with Crippen LogP contribution in [-0.4, -0.2) is 46.3 Å². The first-order valence-corrected chi connectivity index (χ1v) is 9.45. The van der Waals surface area contributed by atoms with E-state index < -0.39 is 0 Å². The molecule has 1 aliphatic heterocycles. The summed E-state index contributed by atoms with van der Waals surface area (Å²) in [7, 11) is 0. The van der Waals surface area contributed by atoms with E-state index in [0.29, 0.717) is 12.2 Å². The van der Waals surface area contributed by atoms with E-state index in [4.69, 9.17) is 0 Å². The van der Waals surface area contributed by atoms with Crippen molar-refractivity contribution in [1.82, 2.24) is 20.0 Å². The highest BCUT2D eigenvalue weighted by Gasteiger charge is 2.22. The zero-order valence-corrected chi connectivity index (χ0v) is 15.0. The van der Waals surface area contributed by atoms with Gasteiger partial charge in [-0.1, -0.05) is 11.6 Å². The van der Waals surface area contributed by atoms with Gasteiger partial charge in [-0.25, -0.2) is 4.68 Å². The molecule has 0 radical (unpaired) electrons. The summed E-state index contributed by atoms with van der Waals surface area (Å²) < 4.78 is 1.31. The summed E-state index contributed by atoms with van der Waals surface area (Å²) >= 11 is 0. The van der Waals surface area contributed by atoms with Gasteiger partial charge in [-0.3, -0.25) is 14.5 Å². The van der Waals surface area contributed by atoms with Crippen molar-refractivity contribution in [3.8, 4) is 0 Å². The number of hydrogen-bond acceptors (Lipinski definition) is 4. The van der Waals surface area contributed by atoms with E-state index in [-0.39, 0.29) is 17.5 Å². The van der Waals surface area contributed by atoms with Crippen molar-refractivity contribution in [2.24, 2.45) is 0 Å². The number of rotatable bonds is 5. The number of hydrogen-bond donors (Lipinski definition) is 1. The van der Waals surface area contributed by atoms with Crippen LogP contribution in [0.25, 0.3) is 0 Å². The summed E-state index contributed by atoms with van der Waals surface area (Å²) in [6.45, 7) is 5.43. The maximum Gasteiger partial charge on any atom is 0.271 e. The Bertz CT molecular complexity index is 687. The van der Waals surface area contributed by atoms with Gasteiger partial charge in [-0.2, -0.15) is 5.10 Å². The van der Waals surface area contributed by atoms with Gasteiger partial charge < -0.3 is 5.32 Å². The first kappa shape index (κ1) is 17.9. The van der Waals surface area contributed by atoms with Gasteiger partial charge in [0.1, 0.15) is 5.69 Å². The molecule has 1 saturated heterocycles. The Morgan fingerprint density at radius 3 is 2.76 bits per heavy atom. The van der Waals surface area contributed by atoms with Gasteiger partial charge >= 0.3 is 0 Å². The predicted molar refractivity (Wildman–Crippen MR) is 97.7 cm³/mol. The number of allylic oxidation sites excluding steroid dienone is 1. The van der Waals surface area contributed by atoms with E-state index >= 15 is 0 Å². The van der Waals surface area contributed by atoms with Crippen LogP contribution >= 0.6 is 0 Å². The number of nitrogens with zero attached hydrogens (tertiary/aromatic N) is 3. The molecule has 6 heteroatoms. The first-order valence-electron chi connectivity index (χ1n) is 9.45. The van der Waals surface area contributed by atoms with Crippen LogP contribution in [0.3, 0.4) is 0 Å². The third-order valence-electron chi connectivity index (χ3n) is 5.13. The van der Waals surface area contributed by atoms with Crippen molar-refractivity contribution >= 4 is 5.91 Å². The Hall–Kier alpha value is -1.95. The molecule has 25 heavy (non-hydrogen) atoms. The second-order valence-corrected chi connectivity index (χ2v) is 7.00. The number of piperidine rings is 1. The molecule has 2 aliphatic rings. The molecule has 2 heterocycles. The summed E-state index contributed by atoms with van der Waals surface area (Å²) in [5.74, 6) is -0.185. The van der Waals surface area contributed by atoms with Crippen molar-refractivity contribution < 1.29 is 4.79 Å². The van der Waals surface area contributed by atoms with Crippen molar-refractivity contribution in [2.45, 2.75) is 58.0 Å². The minimum absolute atomic E-state index is 0.177. The fourth-order valence-electron chi connectivity index (χ4n) is 3.63. The highest BCUT2D eigenvalue weighted by molar-refractivity contribution is 5.92. The number of carbonyl (C=O) groups is 1. The van der Waals surface area contributed by atoms with Crippen LogP contribution in [-0.2, 0) is 6.54 Å². The molecule has 6 nitrogen and oxygen atoms in total. The van der Waals surface area contributed by atoms with Crippen molar-refractivity contribution in [3.05, 3.63) is 39.8 Å².